The van der Waals surface area contributed by atoms with E-state index in [1.165, 1.54) is 23.5 Å². The van der Waals surface area contributed by atoms with Crippen LogP contribution in [-0.2, 0) is 6.42 Å². The highest BCUT2D eigenvalue weighted by atomic mass is 32.1. The Labute approximate surface area is 189 Å². The first-order valence-corrected chi connectivity index (χ1v) is 11.6. The highest BCUT2D eigenvalue weighted by Gasteiger charge is 2.31. The fourth-order valence-corrected chi connectivity index (χ4v) is 5.34. The first-order chi connectivity index (χ1) is 15.5. The van der Waals surface area contributed by atoms with Crippen LogP contribution in [-0.4, -0.2) is 42.7 Å². The predicted octanol–water partition coefficient (Wildman–Crippen LogP) is 4.85. The number of thiazole rings is 1. The second kappa shape index (κ2) is 8.43. The molecule has 32 heavy (non-hydrogen) atoms. The van der Waals surface area contributed by atoms with Crippen LogP contribution in [0.3, 0.4) is 0 Å². The Morgan fingerprint density at radius 1 is 1.19 bits per heavy atom. The van der Waals surface area contributed by atoms with Crippen molar-refractivity contribution in [3.8, 4) is 10.4 Å². The number of hydrogen-bond donors (Lipinski definition) is 0. The summed E-state index contributed by atoms with van der Waals surface area (Å²) in [5.41, 5.74) is 3.97. The molecule has 0 aliphatic carbocycles. The minimum atomic E-state index is -0.295. The van der Waals surface area contributed by atoms with Crippen LogP contribution in [0.5, 0.6) is 0 Å². The van der Waals surface area contributed by atoms with Crippen LogP contribution >= 0.6 is 11.3 Å². The van der Waals surface area contributed by atoms with Gasteiger partial charge in [-0.2, -0.15) is 0 Å². The summed E-state index contributed by atoms with van der Waals surface area (Å²) in [7, 11) is 0. The molecule has 0 spiro atoms. The van der Waals surface area contributed by atoms with E-state index in [4.69, 9.17) is 4.98 Å². The van der Waals surface area contributed by atoms with Gasteiger partial charge in [0.2, 0.25) is 0 Å². The summed E-state index contributed by atoms with van der Waals surface area (Å²) in [5.74, 6) is -0.350. The number of nitrogens with zero attached hydrogens (tertiary/aromatic N) is 5. The van der Waals surface area contributed by atoms with Gasteiger partial charge >= 0.3 is 0 Å². The van der Waals surface area contributed by atoms with Gasteiger partial charge in [0.15, 0.2) is 5.65 Å². The lowest BCUT2D eigenvalue weighted by atomic mass is 9.97. The van der Waals surface area contributed by atoms with E-state index in [1.54, 1.807) is 18.3 Å². The summed E-state index contributed by atoms with van der Waals surface area (Å²) in [5, 5.41) is 0.824. The molecule has 8 heteroatoms. The fourth-order valence-electron chi connectivity index (χ4n) is 4.43. The van der Waals surface area contributed by atoms with Crippen molar-refractivity contribution in [2.75, 3.05) is 6.54 Å². The van der Waals surface area contributed by atoms with Gasteiger partial charge < -0.3 is 9.30 Å². The Morgan fingerprint density at radius 2 is 2.00 bits per heavy atom. The number of rotatable bonds is 4. The molecule has 0 unspecified atom stereocenters. The maximum absolute atomic E-state index is 13.7. The third-order valence-corrected chi connectivity index (χ3v) is 7.00. The highest BCUT2D eigenvalue weighted by Crippen LogP contribution is 2.33. The largest absolute Gasteiger partial charge is 0.334 e. The molecule has 1 aliphatic rings. The van der Waals surface area contributed by atoms with E-state index in [0.717, 1.165) is 51.7 Å². The number of fused-ring (bicyclic) bond motifs is 1. The number of halogens is 1. The summed E-state index contributed by atoms with van der Waals surface area (Å²) < 4.78 is 15.4. The molecule has 1 aliphatic heterocycles. The van der Waals surface area contributed by atoms with E-state index in [2.05, 4.69) is 9.97 Å². The molecule has 0 N–H and O–H groups in total. The van der Waals surface area contributed by atoms with Crippen LogP contribution in [0.15, 0.2) is 42.9 Å². The summed E-state index contributed by atoms with van der Waals surface area (Å²) >= 11 is 1.47. The molecule has 0 radical (unpaired) electrons. The minimum Gasteiger partial charge on any atom is -0.334 e. The predicted molar refractivity (Wildman–Crippen MR) is 122 cm³/mol. The van der Waals surface area contributed by atoms with E-state index in [1.807, 2.05) is 35.5 Å². The van der Waals surface area contributed by atoms with Crippen molar-refractivity contribution in [1.29, 1.82) is 0 Å². The number of aromatic nitrogens is 4. The molecule has 4 aromatic rings. The van der Waals surface area contributed by atoms with E-state index in [0.29, 0.717) is 18.7 Å². The third kappa shape index (κ3) is 3.90. The second-order valence-corrected chi connectivity index (χ2v) is 9.45. The van der Waals surface area contributed by atoms with Crippen molar-refractivity contribution >= 4 is 22.9 Å². The van der Waals surface area contributed by atoms with E-state index >= 15 is 0 Å². The summed E-state index contributed by atoms with van der Waals surface area (Å²) in [6.07, 6.45) is 9.39. The fraction of sp³-hybridized carbons (Fsp3) is 0.333. The van der Waals surface area contributed by atoms with Crippen molar-refractivity contribution in [2.45, 2.75) is 45.6 Å². The van der Waals surface area contributed by atoms with E-state index in [-0.39, 0.29) is 17.8 Å². The number of amides is 1. The number of piperidine rings is 1. The van der Waals surface area contributed by atoms with Crippen LogP contribution in [0, 0.1) is 19.7 Å². The van der Waals surface area contributed by atoms with Gasteiger partial charge in [-0.25, -0.2) is 14.4 Å². The van der Waals surface area contributed by atoms with Crippen molar-refractivity contribution < 1.29 is 9.18 Å². The van der Waals surface area contributed by atoms with Gasteiger partial charge in [-0.15, -0.1) is 11.3 Å². The van der Waals surface area contributed by atoms with E-state index < -0.39 is 0 Å². The Bertz CT molecular complexity index is 1280. The van der Waals surface area contributed by atoms with Crippen LogP contribution in [0.4, 0.5) is 4.39 Å². The molecule has 6 nitrogen and oxygen atoms in total. The first-order valence-electron chi connectivity index (χ1n) is 10.8. The zero-order valence-corrected chi connectivity index (χ0v) is 18.9. The lowest BCUT2D eigenvalue weighted by Crippen LogP contribution is -2.45. The molecule has 1 amide bonds. The standard InChI is InChI=1S/C24H24FN5OS/c1-15-23-28-19(14-29(23)12-10-26-15)13-20-5-3-4-11-30(20)24(31)21-22(32-16(2)27-21)17-6-8-18(25)9-7-17/h6-10,12,14,20H,3-5,11,13H2,1-2H3/t20-/m0/s1. The van der Waals surface area contributed by atoms with Gasteiger partial charge in [-0.3, -0.25) is 9.78 Å². The quantitative estimate of drug-likeness (QED) is 0.447. The molecule has 1 aromatic carbocycles. The number of aryl methyl sites for hydroxylation is 2. The van der Waals surface area contributed by atoms with Gasteiger partial charge in [0.25, 0.3) is 5.91 Å². The average Bonchev–Trinajstić information content (AvgIpc) is 3.38. The molecule has 3 aromatic heterocycles. The monoisotopic (exact) mass is 449 g/mol. The highest BCUT2D eigenvalue weighted by molar-refractivity contribution is 7.15. The Hall–Kier alpha value is -3.13. The van der Waals surface area contributed by atoms with Gasteiger partial charge in [-0.1, -0.05) is 12.1 Å². The molecule has 1 saturated heterocycles. The van der Waals surface area contributed by atoms with Crippen LogP contribution in [0.25, 0.3) is 16.1 Å². The molecule has 0 saturated carbocycles. The maximum Gasteiger partial charge on any atom is 0.274 e. The molecule has 1 fully saturated rings. The normalized spacial score (nSPS) is 16.6. The minimum absolute atomic E-state index is 0.0556. The Morgan fingerprint density at radius 3 is 2.78 bits per heavy atom. The Balaban J connectivity index is 1.44. The molecule has 1 atom stereocenters. The van der Waals surface area contributed by atoms with Gasteiger partial charge in [0, 0.05) is 37.6 Å². The molecular weight excluding hydrogens is 425 g/mol. The number of carbonyl (C=O) groups excluding carboxylic acids is 1. The smallest absolute Gasteiger partial charge is 0.274 e. The number of carbonyl (C=O) groups is 1. The van der Waals surface area contributed by atoms with Gasteiger partial charge in [0.1, 0.15) is 11.5 Å². The average molecular weight is 450 g/mol. The van der Waals surface area contributed by atoms with Crippen molar-refractivity contribution in [3.63, 3.8) is 0 Å². The second-order valence-electron chi connectivity index (χ2n) is 8.25. The van der Waals surface area contributed by atoms with E-state index in [9.17, 15) is 9.18 Å². The van der Waals surface area contributed by atoms with Gasteiger partial charge in [-0.05, 0) is 50.8 Å². The molecule has 164 valence electrons. The Kier molecular flexibility index (Phi) is 5.46. The summed E-state index contributed by atoms with van der Waals surface area (Å²) in [6, 6.07) is 6.32. The van der Waals surface area contributed by atoms with Crippen LogP contribution < -0.4 is 0 Å². The lowest BCUT2D eigenvalue weighted by molar-refractivity contribution is 0.0608. The number of benzene rings is 1. The zero-order chi connectivity index (χ0) is 22.2. The van der Waals surface area contributed by atoms with Crippen molar-refractivity contribution in [1.82, 2.24) is 24.3 Å². The number of hydrogen-bond acceptors (Lipinski definition) is 5. The molecule has 4 heterocycles. The van der Waals surface area contributed by atoms with Crippen molar-refractivity contribution in [2.24, 2.45) is 0 Å². The molecular formula is C24H24FN5OS. The van der Waals surface area contributed by atoms with Crippen molar-refractivity contribution in [3.05, 3.63) is 70.8 Å². The zero-order valence-electron chi connectivity index (χ0n) is 18.1. The first kappa shape index (κ1) is 20.8. The summed E-state index contributed by atoms with van der Waals surface area (Å²) in [4.78, 5) is 30.1. The molecule has 0 bridgehead atoms. The number of imidazole rings is 1. The SMILES string of the molecule is Cc1nc(C(=O)N2CCCC[C@H]2Cc2cn3ccnc(C)c3n2)c(-c2ccc(F)cc2)s1. The molecule has 5 rings (SSSR count). The lowest BCUT2D eigenvalue weighted by Gasteiger charge is -2.35. The number of likely N-dealkylation sites (tertiary alicyclic amines) is 1. The topological polar surface area (TPSA) is 63.4 Å². The van der Waals surface area contributed by atoms with Gasteiger partial charge in [0.05, 0.1) is 21.3 Å². The van der Waals surface area contributed by atoms with Crippen LogP contribution in [0.1, 0.15) is 46.1 Å². The maximum atomic E-state index is 13.7. The third-order valence-electron chi connectivity index (χ3n) is 5.98. The van der Waals surface area contributed by atoms with Crippen LogP contribution in [0.2, 0.25) is 0 Å². The summed E-state index contributed by atoms with van der Waals surface area (Å²) in [6.45, 7) is 4.55.